The van der Waals surface area contributed by atoms with Crippen LogP contribution in [0, 0.1) is 0 Å². The Balaban J connectivity index is 2.06. The fraction of sp³-hybridized carbons (Fsp3) is 0.263. The van der Waals surface area contributed by atoms with Crippen molar-refractivity contribution in [3.8, 4) is 5.75 Å². The van der Waals surface area contributed by atoms with E-state index in [0.29, 0.717) is 23.4 Å². The van der Waals surface area contributed by atoms with Crippen LogP contribution < -0.4 is 15.4 Å². The molecule has 0 saturated heterocycles. The normalized spacial score (nSPS) is 10.1. The van der Waals surface area contributed by atoms with Gasteiger partial charge in [0.15, 0.2) is 0 Å². The number of hydrogen-bond donors (Lipinski definition) is 2. The summed E-state index contributed by atoms with van der Waals surface area (Å²) in [6, 6.07) is 13.8. The maximum absolute atomic E-state index is 12.4. The van der Waals surface area contributed by atoms with Crippen molar-refractivity contribution in [1.82, 2.24) is 5.32 Å². The number of rotatable bonds is 7. The number of unbranched alkanes of at least 4 members (excludes halogenated alkanes) is 1. The maximum Gasteiger partial charge on any atom is 0.255 e. The van der Waals surface area contributed by atoms with Gasteiger partial charge in [-0.05, 0) is 42.8 Å². The molecule has 0 aliphatic heterocycles. The Bertz CT molecular complexity index is 696. The van der Waals surface area contributed by atoms with Gasteiger partial charge in [-0.15, -0.1) is 0 Å². The van der Waals surface area contributed by atoms with Crippen molar-refractivity contribution in [2.75, 3.05) is 19.0 Å². The van der Waals surface area contributed by atoms with Gasteiger partial charge in [0.2, 0.25) is 0 Å². The van der Waals surface area contributed by atoms with E-state index in [4.69, 9.17) is 4.74 Å². The molecule has 0 spiro atoms. The minimum atomic E-state index is -0.272. The van der Waals surface area contributed by atoms with Crippen LogP contribution in [-0.4, -0.2) is 25.5 Å². The molecule has 2 rings (SSSR count). The van der Waals surface area contributed by atoms with Gasteiger partial charge < -0.3 is 15.4 Å². The highest BCUT2D eigenvalue weighted by atomic mass is 16.5. The number of hydrogen-bond acceptors (Lipinski definition) is 3. The van der Waals surface area contributed by atoms with Gasteiger partial charge in [0.1, 0.15) is 5.75 Å². The first kappa shape index (κ1) is 17.5. The minimum Gasteiger partial charge on any atom is -0.494 e. The molecule has 0 unspecified atom stereocenters. The summed E-state index contributed by atoms with van der Waals surface area (Å²) in [6.07, 6.45) is 2.07. The molecule has 5 nitrogen and oxygen atoms in total. The van der Waals surface area contributed by atoms with E-state index in [-0.39, 0.29) is 11.8 Å². The lowest BCUT2D eigenvalue weighted by atomic mass is 10.1. The molecule has 0 heterocycles. The zero-order chi connectivity index (χ0) is 17.4. The van der Waals surface area contributed by atoms with Crippen molar-refractivity contribution in [2.24, 2.45) is 0 Å². The average Bonchev–Trinajstić information content (AvgIpc) is 2.62. The molecule has 2 aromatic carbocycles. The van der Waals surface area contributed by atoms with Gasteiger partial charge in [-0.2, -0.15) is 0 Å². The zero-order valence-corrected chi connectivity index (χ0v) is 14.0. The van der Waals surface area contributed by atoms with Crippen LogP contribution in [0.15, 0.2) is 48.5 Å². The van der Waals surface area contributed by atoms with E-state index in [0.717, 1.165) is 18.6 Å². The lowest BCUT2D eigenvalue weighted by molar-refractivity contribution is 0.0964. The van der Waals surface area contributed by atoms with Crippen LogP contribution in [0.3, 0.4) is 0 Å². The van der Waals surface area contributed by atoms with E-state index < -0.39 is 0 Å². The molecule has 0 radical (unpaired) electrons. The number of benzene rings is 2. The van der Waals surface area contributed by atoms with Crippen LogP contribution in [0.1, 0.15) is 40.5 Å². The molecule has 0 saturated carbocycles. The second kappa shape index (κ2) is 8.72. The predicted octanol–water partition coefficient (Wildman–Crippen LogP) is 3.48. The molecule has 24 heavy (non-hydrogen) atoms. The lowest BCUT2D eigenvalue weighted by Gasteiger charge is -2.10. The Hall–Kier alpha value is -2.82. The number of carbonyl (C=O) groups excluding carboxylic acids is 2. The third-order valence-electron chi connectivity index (χ3n) is 3.53. The van der Waals surface area contributed by atoms with E-state index >= 15 is 0 Å². The van der Waals surface area contributed by atoms with E-state index in [1.807, 2.05) is 0 Å². The molecule has 0 aromatic heterocycles. The van der Waals surface area contributed by atoms with Gasteiger partial charge >= 0.3 is 0 Å². The van der Waals surface area contributed by atoms with Crippen molar-refractivity contribution in [1.29, 1.82) is 0 Å². The summed E-state index contributed by atoms with van der Waals surface area (Å²) in [5.74, 6) is 0.225. The first-order valence-corrected chi connectivity index (χ1v) is 8.01. The maximum atomic E-state index is 12.4. The fourth-order valence-corrected chi connectivity index (χ4v) is 2.16. The highest BCUT2D eigenvalue weighted by Gasteiger charge is 2.13. The molecule has 2 N–H and O–H groups in total. The highest BCUT2D eigenvalue weighted by molar-refractivity contribution is 6.08. The van der Waals surface area contributed by atoms with Gasteiger partial charge in [0, 0.05) is 12.6 Å². The number of para-hydroxylation sites is 1. The number of anilines is 1. The van der Waals surface area contributed by atoms with Gasteiger partial charge in [0.05, 0.1) is 17.9 Å². The summed E-state index contributed by atoms with van der Waals surface area (Å²) in [5.41, 5.74) is 1.41. The van der Waals surface area contributed by atoms with Crippen molar-refractivity contribution in [3.63, 3.8) is 0 Å². The number of nitrogens with one attached hydrogen (secondary N) is 2. The van der Waals surface area contributed by atoms with Crippen molar-refractivity contribution in [3.05, 3.63) is 59.7 Å². The average molecular weight is 326 g/mol. The number of amides is 2. The Labute approximate surface area is 142 Å². The molecule has 0 aliphatic carbocycles. The van der Waals surface area contributed by atoms with Crippen molar-refractivity contribution < 1.29 is 14.3 Å². The summed E-state index contributed by atoms with van der Waals surface area (Å²) < 4.78 is 5.58. The van der Waals surface area contributed by atoms with Crippen LogP contribution >= 0.6 is 0 Å². The molecule has 0 atom stereocenters. The smallest absolute Gasteiger partial charge is 0.255 e. The molecule has 2 aromatic rings. The summed E-state index contributed by atoms with van der Waals surface area (Å²) in [4.78, 5) is 24.2. The van der Waals surface area contributed by atoms with Crippen LogP contribution in [-0.2, 0) is 0 Å². The predicted molar refractivity (Wildman–Crippen MR) is 94.6 cm³/mol. The summed E-state index contributed by atoms with van der Waals surface area (Å²) in [7, 11) is 1.55. The first-order chi connectivity index (χ1) is 11.7. The van der Waals surface area contributed by atoms with E-state index in [1.54, 1.807) is 55.6 Å². The first-order valence-electron chi connectivity index (χ1n) is 8.01. The molecule has 0 aliphatic rings. The van der Waals surface area contributed by atoms with E-state index in [1.165, 1.54) is 0 Å². The van der Waals surface area contributed by atoms with Gasteiger partial charge in [-0.25, -0.2) is 0 Å². The number of ether oxygens (including phenoxy) is 1. The molecule has 126 valence electrons. The van der Waals surface area contributed by atoms with Crippen molar-refractivity contribution in [2.45, 2.75) is 19.8 Å². The van der Waals surface area contributed by atoms with Crippen LogP contribution in [0.5, 0.6) is 5.75 Å². The van der Waals surface area contributed by atoms with E-state index in [2.05, 4.69) is 17.6 Å². The number of carbonyl (C=O) groups is 2. The van der Waals surface area contributed by atoms with Gasteiger partial charge in [-0.3, -0.25) is 9.59 Å². The molecule has 5 heteroatoms. The molecular weight excluding hydrogens is 304 g/mol. The second-order valence-corrected chi connectivity index (χ2v) is 5.31. The second-order valence-electron chi connectivity index (χ2n) is 5.31. The van der Waals surface area contributed by atoms with Crippen LogP contribution in [0.25, 0.3) is 0 Å². The quantitative estimate of drug-likeness (QED) is 0.766. The Morgan fingerprint density at radius 3 is 2.38 bits per heavy atom. The summed E-state index contributed by atoms with van der Waals surface area (Å²) >= 11 is 0. The molecular formula is C19H22N2O3. The van der Waals surface area contributed by atoms with Crippen LogP contribution in [0.2, 0.25) is 0 Å². The Morgan fingerprint density at radius 2 is 1.71 bits per heavy atom. The summed E-state index contributed by atoms with van der Waals surface area (Å²) in [6.45, 7) is 2.77. The largest absolute Gasteiger partial charge is 0.494 e. The molecule has 2 amide bonds. The Kier molecular flexibility index (Phi) is 6.37. The highest BCUT2D eigenvalue weighted by Crippen LogP contribution is 2.18. The standard InChI is InChI=1S/C19H22N2O3/c1-3-4-13-24-15-11-9-14(10-12-15)18(22)21-17-8-6-5-7-16(17)19(23)20-2/h5-12H,3-4,13H2,1-2H3,(H,20,23)(H,21,22). The summed E-state index contributed by atoms with van der Waals surface area (Å²) in [5, 5.41) is 5.33. The van der Waals surface area contributed by atoms with Gasteiger partial charge in [-0.1, -0.05) is 25.5 Å². The van der Waals surface area contributed by atoms with E-state index in [9.17, 15) is 9.59 Å². The SMILES string of the molecule is CCCCOc1ccc(C(=O)Nc2ccccc2C(=O)NC)cc1. The third kappa shape index (κ3) is 4.59. The minimum absolute atomic E-state index is 0.245. The van der Waals surface area contributed by atoms with Gasteiger partial charge in [0.25, 0.3) is 11.8 Å². The molecule has 0 bridgehead atoms. The topological polar surface area (TPSA) is 67.4 Å². The molecule has 0 fully saturated rings. The van der Waals surface area contributed by atoms with Crippen molar-refractivity contribution >= 4 is 17.5 Å². The van der Waals surface area contributed by atoms with Crippen LogP contribution in [0.4, 0.5) is 5.69 Å². The lowest BCUT2D eigenvalue weighted by Crippen LogP contribution is -2.21. The Morgan fingerprint density at radius 1 is 1.00 bits per heavy atom. The third-order valence-corrected chi connectivity index (χ3v) is 3.53. The monoisotopic (exact) mass is 326 g/mol. The fourth-order valence-electron chi connectivity index (χ4n) is 2.16. The zero-order valence-electron chi connectivity index (χ0n) is 14.0.